The van der Waals surface area contributed by atoms with Crippen molar-refractivity contribution in [3.8, 4) is 11.5 Å². The Morgan fingerprint density at radius 1 is 0.865 bits per heavy atom. The molecule has 188 valence electrons. The van der Waals surface area contributed by atoms with E-state index in [-0.39, 0.29) is 24.8 Å². The highest BCUT2D eigenvalue weighted by Gasteiger charge is 2.10. The molecule has 0 saturated carbocycles. The number of aryl methyl sites for hydroxylation is 1. The van der Waals surface area contributed by atoms with E-state index in [0.717, 1.165) is 21.9 Å². The first-order valence-electron chi connectivity index (χ1n) is 12.1. The number of hydrazone groups is 1. The fourth-order valence-corrected chi connectivity index (χ4v) is 3.81. The topological polar surface area (TPSA) is 89.0 Å². The highest BCUT2D eigenvalue weighted by Crippen LogP contribution is 2.28. The largest absolute Gasteiger partial charge is 0.490 e. The normalized spacial score (nSPS) is 10.9. The molecule has 2 amide bonds. The highest BCUT2D eigenvalue weighted by atomic mass is 16.5. The standard InChI is InChI=1S/C30H29N3O4/c1-3-36-28-17-22(13-16-27(28)37-20-30(35)32-25-14-11-21(2)12-15-25)19-31-33-29(34)18-24-9-6-8-23-7-4-5-10-26(23)24/h4-17,19H,3,18,20H2,1-2H3,(H,32,35)(H,33,34)/b31-19-. The summed E-state index contributed by atoms with van der Waals surface area (Å²) in [5, 5.41) is 9.03. The predicted molar refractivity (Wildman–Crippen MR) is 146 cm³/mol. The summed E-state index contributed by atoms with van der Waals surface area (Å²) in [5.41, 5.74) is 6.06. The van der Waals surface area contributed by atoms with Crippen LogP contribution in [-0.2, 0) is 16.0 Å². The number of nitrogens with zero attached hydrogens (tertiary/aromatic N) is 1. The van der Waals surface area contributed by atoms with Crippen LogP contribution in [-0.4, -0.2) is 31.2 Å². The molecule has 7 nitrogen and oxygen atoms in total. The molecule has 0 aliphatic heterocycles. The minimum atomic E-state index is -0.272. The molecule has 4 aromatic carbocycles. The summed E-state index contributed by atoms with van der Waals surface area (Å²) in [5.74, 6) is 0.442. The van der Waals surface area contributed by atoms with Crippen molar-refractivity contribution in [2.24, 2.45) is 5.10 Å². The Bertz CT molecular complexity index is 1410. The van der Waals surface area contributed by atoms with Crippen molar-refractivity contribution >= 4 is 34.5 Å². The summed E-state index contributed by atoms with van der Waals surface area (Å²) < 4.78 is 11.4. The SMILES string of the molecule is CCOc1cc(/C=N\NC(=O)Cc2cccc3ccccc23)ccc1OCC(=O)Nc1ccc(C)cc1. The van der Waals surface area contributed by atoms with Gasteiger partial charge in [-0.1, -0.05) is 60.2 Å². The van der Waals surface area contributed by atoms with Crippen molar-refractivity contribution in [1.82, 2.24) is 5.43 Å². The summed E-state index contributed by atoms with van der Waals surface area (Å²) >= 11 is 0. The van der Waals surface area contributed by atoms with Crippen molar-refractivity contribution in [2.45, 2.75) is 20.3 Å². The number of nitrogens with one attached hydrogen (secondary N) is 2. The minimum absolute atomic E-state index is 0.161. The van der Waals surface area contributed by atoms with E-state index < -0.39 is 0 Å². The van der Waals surface area contributed by atoms with Crippen LogP contribution in [0.3, 0.4) is 0 Å². The van der Waals surface area contributed by atoms with E-state index in [1.54, 1.807) is 18.2 Å². The monoisotopic (exact) mass is 495 g/mol. The Labute approximate surface area is 216 Å². The molecule has 7 heteroatoms. The van der Waals surface area contributed by atoms with E-state index in [9.17, 15) is 9.59 Å². The molecule has 4 aromatic rings. The van der Waals surface area contributed by atoms with Crippen molar-refractivity contribution in [3.05, 3.63) is 102 Å². The molecule has 0 radical (unpaired) electrons. The van der Waals surface area contributed by atoms with Crippen LogP contribution in [0, 0.1) is 6.92 Å². The molecule has 0 aliphatic rings. The fraction of sp³-hybridized carbons (Fsp3) is 0.167. The van der Waals surface area contributed by atoms with Gasteiger partial charge in [-0.3, -0.25) is 9.59 Å². The Morgan fingerprint density at radius 2 is 1.65 bits per heavy atom. The number of hydrogen-bond acceptors (Lipinski definition) is 5. The second kappa shape index (κ2) is 12.4. The van der Waals surface area contributed by atoms with Gasteiger partial charge in [-0.2, -0.15) is 5.10 Å². The molecule has 37 heavy (non-hydrogen) atoms. The number of anilines is 1. The Balaban J connectivity index is 1.34. The van der Waals surface area contributed by atoms with Crippen LogP contribution in [0.2, 0.25) is 0 Å². The molecule has 0 saturated heterocycles. The molecule has 4 rings (SSSR count). The molecular formula is C30H29N3O4. The van der Waals surface area contributed by atoms with Gasteiger partial charge in [0.1, 0.15) is 0 Å². The first-order chi connectivity index (χ1) is 18.0. The van der Waals surface area contributed by atoms with Crippen LogP contribution in [0.15, 0.2) is 90.0 Å². The molecule has 0 atom stereocenters. The minimum Gasteiger partial charge on any atom is -0.490 e. The molecule has 0 aliphatic carbocycles. The van der Waals surface area contributed by atoms with E-state index >= 15 is 0 Å². The van der Waals surface area contributed by atoms with Crippen molar-refractivity contribution in [3.63, 3.8) is 0 Å². The number of amides is 2. The molecule has 0 bridgehead atoms. The number of carbonyl (C=O) groups is 2. The summed E-state index contributed by atoms with van der Waals surface area (Å²) in [4.78, 5) is 24.7. The molecule has 0 aromatic heterocycles. The quantitative estimate of drug-likeness (QED) is 0.232. The van der Waals surface area contributed by atoms with Gasteiger partial charge in [-0.15, -0.1) is 0 Å². The summed E-state index contributed by atoms with van der Waals surface area (Å²) in [6, 6.07) is 26.6. The third-order valence-corrected chi connectivity index (χ3v) is 5.60. The van der Waals surface area contributed by atoms with Crippen LogP contribution in [0.4, 0.5) is 5.69 Å². The first-order valence-corrected chi connectivity index (χ1v) is 12.1. The number of fused-ring (bicyclic) bond motifs is 1. The first kappa shape index (κ1) is 25.4. The number of hydrogen-bond donors (Lipinski definition) is 2. The third-order valence-electron chi connectivity index (χ3n) is 5.60. The number of ether oxygens (including phenoxy) is 2. The van der Waals surface area contributed by atoms with E-state index in [0.29, 0.717) is 29.4 Å². The van der Waals surface area contributed by atoms with Crippen molar-refractivity contribution < 1.29 is 19.1 Å². The van der Waals surface area contributed by atoms with E-state index in [1.165, 1.54) is 6.21 Å². The summed E-state index contributed by atoms with van der Waals surface area (Å²) in [6.07, 6.45) is 1.76. The van der Waals surface area contributed by atoms with Crippen LogP contribution < -0.4 is 20.2 Å². The average Bonchev–Trinajstić information content (AvgIpc) is 2.90. The van der Waals surface area contributed by atoms with Gasteiger partial charge in [0.05, 0.1) is 19.2 Å². The lowest BCUT2D eigenvalue weighted by Gasteiger charge is -2.12. The zero-order valence-corrected chi connectivity index (χ0v) is 20.9. The van der Waals surface area contributed by atoms with Gasteiger partial charge >= 0.3 is 0 Å². The molecule has 0 fully saturated rings. The van der Waals surface area contributed by atoms with Gasteiger partial charge in [0.2, 0.25) is 5.91 Å². The van der Waals surface area contributed by atoms with Gasteiger partial charge < -0.3 is 14.8 Å². The van der Waals surface area contributed by atoms with Crippen molar-refractivity contribution in [1.29, 1.82) is 0 Å². The molecule has 0 heterocycles. The second-order valence-electron chi connectivity index (χ2n) is 8.45. The zero-order chi connectivity index (χ0) is 26.0. The van der Waals surface area contributed by atoms with Gasteiger partial charge in [0.25, 0.3) is 5.91 Å². The Kier molecular flexibility index (Phi) is 8.49. The number of rotatable bonds is 10. The lowest BCUT2D eigenvalue weighted by atomic mass is 10.0. The van der Waals surface area contributed by atoms with Crippen LogP contribution in [0.1, 0.15) is 23.6 Å². The predicted octanol–water partition coefficient (Wildman–Crippen LogP) is 5.26. The lowest BCUT2D eigenvalue weighted by molar-refractivity contribution is -0.120. The van der Waals surface area contributed by atoms with Crippen LogP contribution in [0.5, 0.6) is 11.5 Å². The zero-order valence-electron chi connectivity index (χ0n) is 20.9. The highest BCUT2D eigenvalue weighted by molar-refractivity contribution is 5.92. The van der Waals surface area contributed by atoms with Crippen molar-refractivity contribution in [2.75, 3.05) is 18.5 Å². The molecule has 0 spiro atoms. The second-order valence-corrected chi connectivity index (χ2v) is 8.45. The Morgan fingerprint density at radius 3 is 2.46 bits per heavy atom. The number of carbonyl (C=O) groups excluding carboxylic acids is 2. The van der Waals surface area contributed by atoms with E-state index in [2.05, 4.69) is 15.8 Å². The van der Waals surface area contributed by atoms with Gasteiger partial charge in [0.15, 0.2) is 18.1 Å². The molecular weight excluding hydrogens is 466 g/mol. The van der Waals surface area contributed by atoms with Gasteiger partial charge in [0, 0.05) is 5.69 Å². The third kappa shape index (κ3) is 7.18. The average molecular weight is 496 g/mol. The van der Waals surface area contributed by atoms with E-state index in [1.807, 2.05) is 80.6 Å². The number of benzene rings is 4. The maximum atomic E-state index is 12.5. The van der Waals surface area contributed by atoms with Gasteiger partial charge in [-0.05, 0) is 66.1 Å². The maximum absolute atomic E-state index is 12.5. The molecule has 2 N–H and O–H groups in total. The maximum Gasteiger partial charge on any atom is 0.262 e. The summed E-state index contributed by atoms with van der Waals surface area (Å²) in [6.45, 7) is 4.11. The lowest BCUT2D eigenvalue weighted by Crippen LogP contribution is -2.20. The van der Waals surface area contributed by atoms with Crippen LogP contribution in [0.25, 0.3) is 10.8 Å². The van der Waals surface area contributed by atoms with Gasteiger partial charge in [-0.25, -0.2) is 5.43 Å². The van der Waals surface area contributed by atoms with Crippen LogP contribution >= 0.6 is 0 Å². The molecule has 0 unspecified atom stereocenters. The summed E-state index contributed by atoms with van der Waals surface area (Å²) in [7, 11) is 0. The fourth-order valence-electron chi connectivity index (χ4n) is 3.81. The van der Waals surface area contributed by atoms with E-state index in [4.69, 9.17) is 9.47 Å². The smallest absolute Gasteiger partial charge is 0.262 e. The Hall–Kier alpha value is -4.65.